The van der Waals surface area contributed by atoms with E-state index in [9.17, 15) is 19.1 Å². The summed E-state index contributed by atoms with van der Waals surface area (Å²) >= 11 is 0. The molecule has 0 aliphatic carbocycles. The van der Waals surface area contributed by atoms with E-state index in [4.69, 9.17) is 4.74 Å². The van der Waals surface area contributed by atoms with Crippen LogP contribution < -0.4 is 0 Å². The highest BCUT2D eigenvalue weighted by Gasteiger charge is 2.17. The number of aromatic hydroxyl groups is 1. The fraction of sp³-hybridized carbons (Fsp3) is 0.227. The lowest BCUT2D eigenvalue weighted by atomic mass is 10.0. The van der Waals surface area contributed by atoms with Gasteiger partial charge in [-0.1, -0.05) is 18.2 Å². The molecule has 0 atom stereocenters. The fourth-order valence-electron chi connectivity index (χ4n) is 2.93. The number of halogens is 1. The predicted molar refractivity (Wildman–Crippen MR) is 104 cm³/mol. The van der Waals surface area contributed by atoms with Crippen LogP contribution in [0, 0.1) is 12.7 Å². The van der Waals surface area contributed by atoms with Crippen molar-refractivity contribution in [1.29, 1.82) is 0 Å². The Bertz CT molecular complexity index is 1060. The van der Waals surface area contributed by atoms with Gasteiger partial charge in [-0.3, -0.25) is 9.59 Å². The van der Waals surface area contributed by atoms with Crippen molar-refractivity contribution >= 4 is 22.7 Å². The number of benzene rings is 2. The number of rotatable bonds is 6. The molecule has 3 rings (SSSR count). The fourth-order valence-corrected chi connectivity index (χ4v) is 2.93. The molecule has 0 unspecified atom stereocenters. The second kappa shape index (κ2) is 8.17. The molecule has 0 spiro atoms. The molecule has 144 valence electrons. The van der Waals surface area contributed by atoms with Crippen LogP contribution >= 0.6 is 0 Å². The van der Waals surface area contributed by atoms with Gasteiger partial charge in [0, 0.05) is 11.8 Å². The van der Waals surface area contributed by atoms with Crippen molar-refractivity contribution in [3.8, 4) is 16.9 Å². The van der Waals surface area contributed by atoms with Crippen LogP contribution in [0.2, 0.25) is 0 Å². The van der Waals surface area contributed by atoms with Gasteiger partial charge in [0.25, 0.3) is 0 Å². The van der Waals surface area contributed by atoms with Gasteiger partial charge in [-0.15, -0.1) is 0 Å². The summed E-state index contributed by atoms with van der Waals surface area (Å²) in [5.74, 6) is -1.41. The van der Waals surface area contributed by atoms with Gasteiger partial charge in [0.15, 0.2) is 5.78 Å². The maximum atomic E-state index is 13.5. The van der Waals surface area contributed by atoms with E-state index in [-0.39, 0.29) is 36.7 Å². The van der Waals surface area contributed by atoms with E-state index < -0.39 is 11.8 Å². The molecule has 0 aliphatic rings. The summed E-state index contributed by atoms with van der Waals surface area (Å²) in [5.41, 5.74) is 2.62. The molecule has 1 heterocycles. The number of nitrogens with zero attached hydrogens (tertiary/aromatic N) is 1. The lowest BCUT2D eigenvalue weighted by Crippen LogP contribution is -2.09. The van der Waals surface area contributed by atoms with Gasteiger partial charge in [0.1, 0.15) is 17.3 Å². The molecule has 0 amide bonds. The first-order chi connectivity index (χ1) is 13.4. The molecule has 0 saturated carbocycles. The number of carbonyl (C=O) groups is 2. The lowest BCUT2D eigenvalue weighted by molar-refractivity contribution is -0.143. The second-order valence-corrected chi connectivity index (χ2v) is 6.46. The molecule has 0 radical (unpaired) electrons. The van der Waals surface area contributed by atoms with E-state index in [1.807, 2.05) is 6.07 Å². The zero-order valence-electron chi connectivity index (χ0n) is 15.7. The molecule has 0 bridgehead atoms. The Kier molecular flexibility index (Phi) is 5.68. The monoisotopic (exact) mass is 381 g/mol. The third kappa shape index (κ3) is 4.17. The van der Waals surface area contributed by atoms with Crippen LogP contribution in [0.15, 0.2) is 42.5 Å². The largest absolute Gasteiger partial charge is 0.506 e. The van der Waals surface area contributed by atoms with Gasteiger partial charge in [0.05, 0.1) is 18.5 Å². The number of esters is 1. The minimum absolute atomic E-state index is 0.0687. The van der Waals surface area contributed by atoms with Gasteiger partial charge in [-0.25, -0.2) is 9.37 Å². The van der Waals surface area contributed by atoms with E-state index in [1.54, 1.807) is 38.1 Å². The molecule has 0 fully saturated rings. The highest BCUT2D eigenvalue weighted by molar-refractivity contribution is 6.00. The molecule has 3 aromatic rings. The van der Waals surface area contributed by atoms with Gasteiger partial charge in [-0.2, -0.15) is 0 Å². The number of aryl methyl sites for hydroxylation is 1. The normalized spacial score (nSPS) is 10.8. The molecule has 2 aromatic carbocycles. The number of carbonyl (C=O) groups excluding carboxylic acids is 2. The number of pyridine rings is 1. The van der Waals surface area contributed by atoms with Crippen molar-refractivity contribution in [2.45, 2.75) is 26.7 Å². The highest BCUT2D eigenvalue weighted by Crippen LogP contribution is 2.28. The van der Waals surface area contributed by atoms with Crippen molar-refractivity contribution in [3.63, 3.8) is 0 Å². The van der Waals surface area contributed by atoms with Crippen molar-refractivity contribution < 1.29 is 23.8 Å². The summed E-state index contributed by atoms with van der Waals surface area (Å²) in [6, 6.07) is 11.7. The first-order valence-corrected chi connectivity index (χ1v) is 8.98. The Morgan fingerprint density at radius 1 is 1.07 bits per heavy atom. The Morgan fingerprint density at radius 3 is 2.50 bits per heavy atom. The minimum atomic E-state index is -0.468. The van der Waals surface area contributed by atoms with Crippen LogP contribution in [0.5, 0.6) is 5.75 Å². The zero-order chi connectivity index (χ0) is 20.3. The van der Waals surface area contributed by atoms with Crippen LogP contribution in [0.25, 0.3) is 22.0 Å². The Morgan fingerprint density at radius 2 is 1.79 bits per heavy atom. The quantitative estimate of drug-likeness (QED) is 0.500. The van der Waals surface area contributed by atoms with Gasteiger partial charge in [-0.05, 0) is 54.8 Å². The van der Waals surface area contributed by atoms with E-state index in [1.165, 1.54) is 12.1 Å². The molecular formula is C22H20FNO4. The van der Waals surface area contributed by atoms with Crippen LogP contribution in [-0.2, 0) is 9.53 Å². The number of Topliss-reactive ketones (excluding diaryl/α,β-unsaturated/α-hetero) is 1. The Balaban J connectivity index is 1.92. The van der Waals surface area contributed by atoms with Crippen molar-refractivity contribution in [2.24, 2.45) is 0 Å². The average Bonchev–Trinajstić information content (AvgIpc) is 2.67. The first-order valence-electron chi connectivity index (χ1n) is 8.98. The number of aromatic nitrogens is 1. The van der Waals surface area contributed by atoms with Crippen molar-refractivity contribution in [2.75, 3.05) is 6.61 Å². The summed E-state index contributed by atoms with van der Waals surface area (Å²) in [6.45, 7) is 3.63. The second-order valence-electron chi connectivity index (χ2n) is 6.46. The summed E-state index contributed by atoms with van der Waals surface area (Å²) in [7, 11) is 0. The SMILES string of the molecule is CCOC(=O)CCC(=O)c1nc2cc(-c3ccc(F)c(C)c3)ccc2cc1O. The third-order valence-corrected chi connectivity index (χ3v) is 4.41. The topological polar surface area (TPSA) is 76.5 Å². The number of ether oxygens (including phenoxy) is 1. The van der Waals surface area contributed by atoms with Gasteiger partial charge >= 0.3 is 5.97 Å². The molecule has 0 saturated heterocycles. The lowest BCUT2D eigenvalue weighted by Gasteiger charge is -2.08. The standard InChI is InChI=1S/C22H20FNO4/c1-3-28-21(27)9-8-19(25)22-20(26)12-16-5-4-15(11-18(16)24-22)14-6-7-17(23)13(2)10-14/h4-7,10-12,26H,3,8-9H2,1-2H3. The van der Waals surface area contributed by atoms with E-state index >= 15 is 0 Å². The minimum Gasteiger partial charge on any atom is -0.506 e. The number of fused-ring (bicyclic) bond motifs is 1. The molecule has 5 nitrogen and oxygen atoms in total. The van der Waals surface area contributed by atoms with Crippen LogP contribution in [-0.4, -0.2) is 28.4 Å². The third-order valence-electron chi connectivity index (χ3n) is 4.41. The maximum absolute atomic E-state index is 13.5. The average molecular weight is 381 g/mol. The van der Waals surface area contributed by atoms with Gasteiger partial charge < -0.3 is 9.84 Å². The molecule has 6 heteroatoms. The van der Waals surface area contributed by atoms with Crippen LogP contribution in [0.3, 0.4) is 0 Å². The summed E-state index contributed by atoms with van der Waals surface area (Å²) in [4.78, 5) is 28.1. The van der Waals surface area contributed by atoms with Crippen molar-refractivity contribution in [1.82, 2.24) is 4.98 Å². The molecule has 28 heavy (non-hydrogen) atoms. The van der Waals surface area contributed by atoms with E-state index in [0.717, 1.165) is 11.1 Å². The highest BCUT2D eigenvalue weighted by atomic mass is 19.1. The predicted octanol–water partition coefficient (Wildman–Crippen LogP) is 4.58. The van der Waals surface area contributed by atoms with E-state index in [0.29, 0.717) is 16.5 Å². The zero-order valence-corrected chi connectivity index (χ0v) is 15.7. The van der Waals surface area contributed by atoms with E-state index in [2.05, 4.69) is 4.98 Å². The maximum Gasteiger partial charge on any atom is 0.306 e. The first kappa shape index (κ1) is 19.5. The number of hydrogen-bond donors (Lipinski definition) is 1. The van der Waals surface area contributed by atoms with Gasteiger partial charge in [0.2, 0.25) is 0 Å². The molecule has 1 aromatic heterocycles. The summed E-state index contributed by atoms with van der Waals surface area (Å²) < 4.78 is 18.3. The Hall–Kier alpha value is -3.28. The van der Waals surface area contributed by atoms with Crippen LogP contribution in [0.1, 0.15) is 35.8 Å². The summed E-state index contributed by atoms with van der Waals surface area (Å²) in [6.07, 6.45) is -0.164. The van der Waals surface area contributed by atoms with Crippen molar-refractivity contribution in [3.05, 3.63) is 59.5 Å². The smallest absolute Gasteiger partial charge is 0.306 e. The summed E-state index contributed by atoms with van der Waals surface area (Å²) in [5, 5.41) is 10.8. The Labute approximate surface area is 161 Å². The molecular weight excluding hydrogens is 361 g/mol. The molecule has 0 aliphatic heterocycles. The number of ketones is 1. The van der Waals surface area contributed by atoms with Crippen LogP contribution in [0.4, 0.5) is 4.39 Å². The molecule has 1 N–H and O–H groups in total. The number of hydrogen-bond acceptors (Lipinski definition) is 5.